The molecule has 0 radical (unpaired) electrons. The minimum Gasteiger partial charge on any atom is -0.389 e. The standard InChI is InChI=1S/C12H22N2O/c1-12(2,15)9-14-11-7-5-3-4-6-10(11)8-13/h10-11,14-15H,3-7,9H2,1-2H3. The summed E-state index contributed by atoms with van der Waals surface area (Å²) in [5.74, 6) is 0.120. The van der Waals surface area contributed by atoms with E-state index in [0.717, 1.165) is 12.8 Å². The van der Waals surface area contributed by atoms with Crippen LogP contribution in [0.15, 0.2) is 0 Å². The van der Waals surface area contributed by atoms with E-state index < -0.39 is 5.60 Å². The summed E-state index contributed by atoms with van der Waals surface area (Å²) in [5.41, 5.74) is -0.688. The van der Waals surface area contributed by atoms with Crippen LogP contribution in [0.5, 0.6) is 0 Å². The van der Waals surface area contributed by atoms with Crippen molar-refractivity contribution >= 4 is 0 Å². The largest absolute Gasteiger partial charge is 0.389 e. The van der Waals surface area contributed by atoms with Crippen molar-refractivity contribution in [2.75, 3.05) is 6.54 Å². The average Bonchev–Trinajstić information content (AvgIpc) is 2.37. The Hall–Kier alpha value is -0.590. The van der Waals surface area contributed by atoms with Crippen LogP contribution >= 0.6 is 0 Å². The van der Waals surface area contributed by atoms with E-state index in [1.54, 1.807) is 13.8 Å². The quantitative estimate of drug-likeness (QED) is 0.699. The van der Waals surface area contributed by atoms with E-state index >= 15 is 0 Å². The first kappa shape index (κ1) is 12.5. The van der Waals surface area contributed by atoms with E-state index in [4.69, 9.17) is 5.26 Å². The Morgan fingerprint density at radius 2 is 2.00 bits per heavy atom. The number of nitrogens with zero attached hydrogens (tertiary/aromatic N) is 1. The van der Waals surface area contributed by atoms with Crippen LogP contribution in [-0.4, -0.2) is 23.3 Å². The Bertz CT molecular complexity index is 227. The third-order valence-electron chi connectivity index (χ3n) is 2.98. The van der Waals surface area contributed by atoms with Crippen molar-refractivity contribution in [3.05, 3.63) is 0 Å². The van der Waals surface area contributed by atoms with E-state index in [1.807, 2.05) is 0 Å². The summed E-state index contributed by atoms with van der Waals surface area (Å²) in [5, 5.41) is 22.0. The highest BCUT2D eigenvalue weighted by atomic mass is 16.3. The van der Waals surface area contributed by atoms with Crippen molar-refractivity contribution in [2.24, 2.45) is 5.92 Å². The molecule has 1 aliphatic carbocycles. The number of nitriles is 1. The lowest BCUT2D eigenvalue weighted by molar-refractivity contribution is 0.0742. The molecular formula is C12H22N2O. The molecule has 0 bridgehead atoms. The maximum Gasteiger partial charge on any atom is 0.0715 e. The van der Waals surface area contributed by atoms with Crippen LogP contribution in [0.1, 0.15) is 46.0 Å². The third-order valence-corrected chi connectivity index (χ3v) is 2.98. The zero-order chi connectivity index (χ0) is 11.3. The molecule has 1 saturated carbocycles. The van der Waals surface area contributed by atoms with Gasteiger partial charge in [-0.15, -0.1) is 0 Å². The number of rotatable bonds is 3. The molecule has 1 aliphatic rings. The van der Waals surface area contributed by atoms with Crippen molar-refractivity contribution in [1.29, 1.82) is 5.26 Å². The molecule has 0 aromatic rings. The summed E-state index contributed by atoms with van der Waals surface area (Å²) >= 11 is 0. The van der Waals surface area contributed by atoms with Gasteiger partial charge in [0.05, 0.1) is 17.6 Å². The molecule has 0 aromatic carbocycles. The average molecular weight is 210 g/mol. The van der Waals surface area contributed by atoms with Gasteiger partial charge in [-0.1, -0.05) is 19.3 Å². The van der Waals surface area contributed by atoms with Gasteiger partial charge in [-0.3, -0.25) is 0 Å². The van der Waals surface area contributed by atoms with Gasteiger partial charge in [0.1, 0.15) is 0 Å². The maximum atomic E-state index is 9.63. The lowest BCUT2D eigenvalue weighted by Gasteiger charge is -2.25. The molecule has 3 heteroatoms. The second kappa shape index (κ2) is 5.48. The number of nitrogens with one attached hydrogen (secondary N) is 1. The summed E-state index contributed by atoms with van der Waals surface area (Å²) in [4.78, 5) is 0. The van der Waals surface area contributed by atoms with Gasteiger partial charge >= 0.3 is 0 Å². The Morgan fingerprint density at radius 1 is 1.33 bits per heavy atom. The molecule has 0 saturated heterocycles. The van der Waals surface area contributed by atoms with Crippen LogP contribution in [0.4, 0.5) is 0 Å². The predicted octanol–water partition coefficient (Wildman–Crippen LogP) is 1.82. The lowest BCUT2D eigenvalue weighted by atomic mass is 9.95. The van der Waals surface area contributed by atoms with Crippen LogP contribution in [0.3, 0.4) is 0 Å². The molecule has 3 nitrogen and oxygen atoms in total. The summed E-state index contributed by atoms with van der Waals surface area (Å²) in [6.07, 6.45) is 5.66. The number of hydrogen-bond donors (Lipinski definition) is 2. The first-order valence-corrected chi connectivity index (χ1v) is 5.88. The SMILES string of the molecule is CC(C)(O)CNC1CCCCCC1C#N. The first-order chi connectivity index (χ1) is 7.03. The highest BCUT2D eigenvalue weighted by Gasteiger charge is 2.24. The van der Waals surface area contributed by atoms with E-state index in [2.05, 4.69) is 11.4 Å². The highest BCUT2D eigenvalue weighted by molar-refractivity contribution is 4.94. The van der Waals surface area contributed by atoms with Gasteiger partial charge in [-0.05, 0) is 26.7 Å². The Kier molecular flexibility index (Phi) is 4.56. The summed E-state index contributed by atoms with van der Waals surface area (Å²) < 4.78 is 0. The zero-order valence-electron chi connectivity index (χ0n) is 9.79. The highest BCUT2D eigenvalue weighted by Crippen LogP contribution is 2.23. The molecule has 86 valence electrons. The fourth-order valence-electron chi connectivity index (χ4n) is 2.09. The van der Waals surface area contributed by atoms with Gasteiger partial charge in [0.2, 0.25) is 0 Å². The van der Waals surface area contributed by atoms with E-state index in [-0.39, 0.29) is 12.0 Å². The van der Waals surface area contributed by atoms with Crippen molar-refractivity contribution in [1.82, 2.24) is 5.32 Å². The second-order valence-corrected chi connectivity index (χ2v) is 5.17. The Morgan fingerprint density at radius 3 is 2.60 bits per heavy atom. The third kappa shape index (κ3) is 4.63. The molecule has 0 amide bonds. The van der Waals surface area contributed by atoms with Crippen LogP contribution < -0.4 is 5.32 Å². The molecule has 2 unspecified atom stereocenters. The molecule has 1 rings (SSSR count). The minimum absolute atomic E-state index is 0.120. The van der Waals surface area contributed by atoms with E-state index in [1.165, 1.54) is 19.3 Å². The second-order valence-electron chi connectivity index (χ2n) is 5.17. The lowest BCUT2D eigenvalue weighted by Crippen LogP contribution is -2.43. The zero-order valence-corrected chi connectivity index (χ0v) is 9.79. The van der Waals surface area contributed by atoms with Crippen molar-refractivity contribution < 1.29 is 5.11 Å². The van der Waals surface area contributed by atoms with Gasteiger partial charge in [-0.25, -0.2) is 0 Å². The summed E-state index contributed by atoms with van der Waals surface area (Å²) in [6.45, 7) is 4.14. The van der Waals surface area contributed by atoms with Gasteiger partial charge in [0.25, 0.3) is 0 Å². The van der Waals surface area contributed by atoms with E-state index in [0.29, 0.717) is 6.54 Å². The first-order valence-electron chi connectivity index (χ1n) is 5.88. The fourth-order valence-corrected chi connectivity index (χ4v) is 2.09. The molecule has 0 spiro atoms. The van der Waals surface area contributed by atoms with Crippen LogP contribution in [0, 0.1) is 17.2 Å². The maximum absolute atomic E-state index is 9.63. The summed E-state index contributed by atoms with van der Waals surface area (Å²) in [7, 11) is 0. The van der Waals surface area contributed by atoms with Gasteiger partial charge in [-0.2, -0.15) is 5.26 Å². The Balaban J connectivity index is 2.46. The van der Waals surface area contributed by atoms with E-state index in [9.17, 15) is 5.11 Å². The molecule has 0 aliphatic heterocycles. The van der Waals surface area contributed by atoms with Crippen LogP contribution in [0.2, 0.25) is 0 Å². The van der Waals surface area contributed by atoms with Crippen molar-refractivity contribution in [2.45, 2.75) is 57.6 Å². The fraction of sp³-hybridized carbons (Fsp3) is 0.917. The molecule has 0 heterocycles. The Labute approximate surface area is 92.5 Å². The number of hydrogen-bond acceptors (Lipinski definition) is 3. The molecule has 15 heavy (non-hydrogen) atoms. The van der Waals surface area contributed by atoms with Crippen molar-refractivity contribution in [3.8, 4) is 6.07 Å². The van der Waals surface area contributed by atoms with Crippen LogP contribution in [0.25, 0.3) is 0 Å². The molecule has 2 N–H and O–H groups in total. The molecule has 2 atom stereocenters. The molecule has 0 aromatic heterocycles. The normalized spacial score (nSPS) is 28.1. The van der Waals surface area contributed by atoms with Crippen LogP contribution in [-0.2, 0) is 0 Å². The summed E-state index contributed by atoms with van der Waals surface area (Å²) in [6, 6.07) is 2.65. The molecule has 1 fully saturated rings. The monoisotopic (exact) mass is 210 g/mol. The van der Waals surface area contributed by atoms with Crippen molar-refractivity contribution in [3.63, 3.8) is 0 Å². The molecular weight excluding hydrogens is 188 g/mol. The predicted molar refractivity (Wildman–Crippen MR) is 60.3 cm³/mol. The van der Waals surface area contributed by atoms with Gasteiger partial charge in [0, 0.05) is 12.6 Å². The number of aliphatic hydroxyl groups is 1. The van der Waals surface area contributed by atoms with Gasteiger partial charge < -0.3 is 10.4 Å². The minimum atomic E-state index is -0.688. The topological polar surface area (TPSA) is 56.0 Å². The smallest absolute Gasteiger partial charge is 0.0715 e. The van der Waals surface area contributed by atoms with Gasteiger partial charge in [0.15, 0.2) is 0 Å².